The topological polar surface area (TPSA) is 39.7 Å². The number of ether oxygens (including phenoxy) is 3. The van der Waals surface area contributed by atoms with Crippen LogP contribution in [0.3, 0.4) is 0 Å². The summed E-state index contributed by atoms with van der Waals surface area (Å²) in [5.41, 5.74) is 2.50. The van der Waals surface area contributed by atoms with Crippen molar-refractivity contribution in [2.75, 3.05) is 19.5 Å². The average Bonchev–Trinajstić information content (AvgIpc) is 2.72. The van der Waals surface area contributed by atoms with Crippen molar-refractivity contribution in [2.45, 2.75) is 13.2 Å². The van der Waals surface area contributed by atoms with E-state index in [2.05, 4.69) is 5.32 Å². The second-order valence-corrected chi connectivity index (χ2v) is 7.36. The summed E-state index contributed by atoms with van der Waals surface area (Å²) in [6.07, 6.45) is 0. The molecule has 29 heavy (non-hydrogen) atoms. The molecule has 3 rings (SSSR count). The molecule has 0 saturated heterocycles. The fraction of sp³-hybridized carbons (Fsp3) is 0.182. The third kappa shape index (κ3) is 5.21. The lowest BCUT2D eigenvalue weighted by molar-refractivity contribution is 0.282. The van der Waals surface area contributed by atoms with Gasteiger partial charge in [-0.15, -0.1) is 0 Å². The van der Waals surface area contributed by atoms with Crippen LogP contribution in [0.2, 0.25) is 15.1 Å². The molecule has 0 radical (unpaired) electrons. The first-order chi connectivity index (χ1) is 14.0. The van der Waals surface area contributed by atoms with Crippen molar-refractivity contribution in [3.8, 4) is 17.2 Å². The zero-order chi connectivity index (χ0) is 20.8. The molecule has 0 spiro atoms. The van der Waals surface area contributed by atoms with Gasteiger partial charge in [0.1, 0.15) is 12.4 Å². The Bertz CT molecular complexity index is 975. The van der Waals surface area contributed by atoms with Crippen molar-refractivity contribution in [2.24, 2.45) is 0 Å². The van der Waals surface area contributed by atoms with E-state index in [1.54, 1.807) is 32.4 Å². The summed E-state index contributed by atoms with van der Waals surface area (Å²) >= 11 is 18.7. The Hall–Kier alpha value is -2.27. The summed E-state index contributed by atoms with van der Waals surface area (Å²) in [6.45, 7) is 0.728. The van der Waals surface area contributed by atoms with Crippen LogP contribution >= 0.6 is 34.8 Å². The second kappa shape index (κ2) is 9.97. The Kier molecular flexibility index (Phi) is 7.37. The normalized spacial score (nSPS) is 10.5. The van der Waals surface area contributed by atoms with Crippen LogP contribution in [-0.4, -0.2) is 14.2 Å². The van der Waals surface area contributed by atoms with E-state index in [1.165, 1.54) is 0 Å². The molecule has 4 nitrogen and oxygen atoms in total. The van der Waals surface area contributed by atoms with E-state index in [1.807, 2.05) is 36.4 Å². The number of hydrogen-bond donors (Lipinski definition) is 1. The molecular weight excluding hydrogens is 433 g/mol. The Labute approximate surface area is 185 Å². The van der Waals surface area contributed by atoms with Crippen molar-refractivity contribution >= 4 is 40.5 Å². The van der Waals surface area contributed by atoms with Gasteiger partial charge in [0.05, 0.1) is 19.2 Å². The average molecular weight is 453 g/mol. The summed E-state index contributed by atoms with van der Waals surface area (Å²) in [6, 6.07) is 16.6. The Morgan fingerprint density at radius 3 is 2.14 bits per heavy atom. The molecule has 0 heterocycles. The Morgan fingerprint density at radius 2 is 1.48 bits per heavy atom. The molecule has 7 heteroatoms. The first-order valence-corrected chi connectivity index (χ1v) is 9.96. The number of hydrogen-bond acceptors (Lipinski definition) is 4. The van der Waals surface area contributed by atoms with Gasteiger partial charge in [-0.1, -0.05) is 53.0 Å². The number of nitrogens with one attached hydrogen (secondary N) is 1. The lowest BCUT2D eigenvalue weighted by Gasteiger charge is -2.17. The van der Waals surface area contributed by atoms with Crippen LogP contribution in [0.1, 0.15) is 11.1 Å². The highest BCUT2D eigenvalue weighted by atomic mass is 35.5. The van der Waals surface area contributed by atoms with Crippen LogP contribution in [0.25, 0.3) is 0 Å². The molecule has 0 aliphatic rings. The first-order valence-electron chi connectivity index (χ1n) is 8.82. The molecule has 0 amide bonds. The van der Waals surface area contributed by atoms with Crippen LogP contribution < -0.4 is 19.5 Å². The van der Waals surface area contributed by atoms with E-state index in [0.29, 0.717) is 38.9 Å². The number of rotatable bonds is 8. The number of para-hydroxylation sites is 1. The highest BCUT2D eigenvalue weighted by Crippen LogP contribution is 2.34. The van der Waals surface area contributed by atoms with E-state index in [0.717, 1.165) is 16.8 Å². The van der Waals surface area contributed by atoms with Crippen molar-refractivity contribution in [3.63, 3.8) is 0 Å². The second-order valence-electron chi connectivity index (χ2n) is 6.14. The van der Waals surface area contributed by atoms with Gasteiger partial charge < -0.3 is 19.5 Å². The predicted octanol–water partition coefficient (Wildman–Crippen LogP) is 6.86. The Balaban J connectivity index is 1.80. The van der Waals surface area contributed by atoms with Gasteiger partial charge in [-0.2, -0.15) is 0 Å². The molecule has 152 valence electrons. The van der Waals surface area contributed by atoms with Crippen molar-refractivity contribution in [3.05, 3.63) is 80.8 Å². The van der Waals surface area contributed by atoms with Crippen LogP contribution in [-0.2, 0) is 13.2 Å². The lowest BCUT2D eigenvalue weighted by atomic mass is 10.1. The van der Waals surface area contributed by atoms with E-state index < -0.39 is 0 Å². The highest BCUT2D eigenvalue weighted by Gasteiger charge is 2.13. The molecule has 0 aromatic heterocycles. The van der Waals surface area contributed by atoms with E-state index >= 15 is 0 Å². The molecule has 0 atom stereocenters. The zero-order valence-electron chi connectivity index (χ0n) is 16.0. The molecule has 3 aromatic carbocycles. The number of halogens is 3. The minimum absolute atomic E-state index is 0.222. The Morgan fingerprint density at radius 1 is 0.793 bits per heavy atom. The molecule has 0 bridgehead atoms. The summed E-state index contributed by atoms with van der Waals surface area (Å²) in [7, 11) is 3.19. The van der Waals surface area contributed by atoms with Gasteiger partial charge in [-0.25, -0.2) is 0 Å². The van der Waals surface area contributed by atoms with Gasteiger partial charge in [0, 0.05) is 33.4 Å². The molecule has 1 N–H and O–H groups in total. The third-order valence-electron chi connectivity index (χ3n) is 4.34. The van der Waals surface area contributed by atoms with E-state index in [9.17, 15) is 0 Å². The molecule has 0 aliphatic heterocycles. The van der Waals surface area contributed by atoms with Crippen molar-refractivity contribution in [1.29, 1.82) is 0 Å². The smallest absolute Gasteiger partial charge is 0.166 e. The molecular formula is C22H20Cl3NO3. The maximum atomic E-state index is 6.26. The monoisotopic (exact) mass is 451 g/mol. The molecule has 3 aromatic rings. The molecule has 0 fully saturated rings. The van der Waals surface area contributed by atoms with Gasteiger partial charge >= 0.3 is 0 Å². The first kappa shape index (κ1) is 21.4. The quantitative estimate of drug-likeness (QED) is 0.405. The summed E-state index contributed by atoms with van der Waals surface area (Å²) in [5, 5.41) is 4.98. The summed E-state index contributed by atoms with van der Waals surface area (Å²) in [5.74, 6) is 1.87. The minimum atomic E-state index is 0.222. The summed E-state index contributed by atoms with van der Waals surface area (Å²) < 4.78 is 16.7. The van der Waals surface area contributed by atoms with Gasteiger partial charge in [-0.05, 0) is 36.4 Å². The van der Waals surface area contributed by atoms with E-state index in [-0.39, 0.29) is 6.61 Å². The zero-order valence-corrected chi connectivity index (χ0v) is 18.2. The number of benzene rings is 3. The molecule has 0 aliphatic carbocycles. The molecule has 0 saturated carbocycles. The predicted molar refractivity (Wildman–Crippen MR) is 119 cm³/mol. The lowest BCUT2D eigenvalue weighted by Crippen LogP contribution is -2.06. The van der Waals surface area contributed by atoms with Crippen molar-refractivity contribution < 1.29 is 14.2 Å². The minimum Gasteiger partial charge on any atom is -0.495 e. The van der Waals surface area contributed by atoms with Gasteiger partial charge in [-0.3, -0.25) is 0 Å². The van der Waals surface area contributed by atoms with Crippen LogP contribution in [0.4, 0.5) is 5.69 Å². The highest BCUT2D eigenvalue weighted by molar-refractivity contribution is 6.36. The standard InChI is InChI=1S/C22H20Cl3NO3/c1-27-20-10-9-15(11-19(20)25)26-12-14-5-3-8-21(28-2)22(14)29-13-16-17(23)6-4-7-18(16)24/h3-11,26H,12-13H2,1-2H3. The largest absolute Gasteiger partial charge is 0.495 e. The fourth-order valence-corrected chi connectivity index (χ4v) is 3.58. The van der Waals surface area contributed by atoms with Crippen LogP contribution in [0.15, 0.2) is 54.6 Å². The maximum Gasteiger partial charge on any atom is 0.166 e. The van der Waals surface area contributed by atoms with Crippen LogP contribution in [0.5, 0.6) is 17.2 Å². The molecule has 0 unspecified atom stereocenters. The fourth-order valence-electron chi connectivity index (χ4n) is 2.81. The van der Waals surface area contributed by atoms with Gasteiger partial charge in [0.15, 0.2) is 11.5 Å². The third-order valence-corrected chi connectivity index (χ3v) is 5.34. The SMILES string of the molecule is COc1ccc(NCc2cccc(OC)c2OCc2c(Cl)cccc2Cl)cc1Cl. The summed E-state index contributed by atoms with van der Waals surface area (Å²) in [4.78, 5) is 0. The van der Waals surface area contributed by atoms with E-state index in [4.69, 9.17) is 49.0 Å². The maximum absolute atomic E-state index is 6.26. The van der Waals surface area contributed by atoms with Crippen LogP contribution in [0, 0.1) is 0 Å². The number of anilines is 1. The van der Waals surface area contributed by atoms with Gasteiger partial charge in [0.2, 0.25) is 0 Å². The number of methoxy groups -OCH3 is 2. The van der Waals surface area contributed by atoms with Crippen molar-refractivity contribution in [1.82, 2.24) is 0 Å². The van der Waals surface area contributed by atoms with Gasteiger partial charge in [0.25, 0.3) is 0 Å².